The summed E-state index contributed by atoms with van der Waals surface area (Å²) in [4.78, 5) is 0. The van der Waals surface area contributed by atoms with Crippen molar-refractivity contribution in [3.05, 3.63) is 0 Å². The predicted molar refractivity (Wildman–Crippen MR) is 37.8 cm³/mol. The highest BCUT2D eigenvalue weighted by Gasteiger charge is 2.45. The summed E-state index contributed by atoms with van der Waals surface area (Å²) in [5.74, 6) is 1.07. The lowest BCUT2D eigenvalue weighted by Gasteiger charge is -2.53. The van der Waals surface area contributed by atoms with E-state index >= 15 is 0 Å². The lowest BCUT2D eigenvalue weighted by atomic mass is 9.47. The highest BCUT2D eigenvalue weighted by atomic mass is 14.5. The summed E-state index contributed by atoms with van der Waals surface area (Å²) in [6.07, 6.45) is 7.72. The van der Waals surface area contributed by atoms with E-state index in [-0.39, 0.29) is 0 Å². The molecule has 0 saturated heterocycles. The molecule has 1 heteroatoms. The van der Waals surface area contributed by atoms with Gasteiger partial charge in [0.15, 0.2) is 0 Å². The van der Waals surface area contributed by atoms with Crippen LogP contribution in [0.15, 0.2) is 0 Å². The maximum Gasteiger partial charge on any atom is 0.105 e. The molecule has 1 spiro atoms. The molecule has 0 aromatic rings. The molecule has 0 radical (unpaired) electrons. The standard InChI is InChI=1S/C7H13B/c8-6-4-7(5-6)2-1-3-7/h6H,1-5,8H2. The molecule has 0 aliphatic heterocycles. The Morgan fingerprint density at radius 2 is 1.88 bits per heavy atom. The lowest BCUT2D eigenvalue weighted by Crippen LogP contribution is -2.39. The van der Waals surface area contributed by atoms with Gasteiger partial charge in [-0.2, -0.15) is 0 Å². The van der Waals surface area contributed by atoms with E-state index < -0.39 is 0 Å². The van der Waals surface area contributed by atoms with Gasteiger partial charge < -0.3 is 0 Å². The van der Waals surface area contributed by atoms with Crippen molar-refractivity contribution in [3.8, 4) is 0 Å². The van der Waals surface area contributed by atoms with Crippen molar-refractivity contribution in [2.24, 2.45) is 5.41 Å². The zero-order chi connectivity index (χ0) is 5.61. The largest absolute Gasteiger partial charge is 0.105 e. The van der Waals surface area contributed by atoms with Gasteiger partial charge in [-0.05, 0) is 18.3 Å². The van der Waals surface area contributed by atoms with Crippen LogP contribution in [-0.2, 0) is 0 Å². The second kappa shape index (κ2) is 1.31. The number of hydrogen-bond acceptors (Lipinski definition) is 0. The third kappa shape index (κ3) is 0.477. The van der Waals surface area contributed by atoms with Crippen molar-refractivity contribution in [3.63, 3.8) is 0 Å². The summed E-state index contributed by atoms with van der Waals surface area (Å²) in [6.45, 7) is 0. The van der Waals surface area contributed by atoms with Crippen LogP contribution in [0.2, 0.25) is 5.82 Å². The molecule has 8 heavy (non-hydrogen) atoms. The molecule has 0 aromatic heterocycles. The maximum atomic E-state index is 2.38. The Kier molecular flexibility index (Phi) is 0.804. The van der Waals surface area contributed by atoms with Crippen molar-refractivity contribution in [1.82, 2.24) is 0 Å². The van der Waals surface area contributed by atoms with Crippen LogP contribution < -0.4 is 0 Å². The predicted octanol–water partition coefficient (Wildman–Crippen LogP) is 1.37. The van der Waals surface area contributed by atoms with Gasteiger partial charge in [0.05, 0.1) is 0 Å². The fourth-order valence-electron chi connectivity index (χ4n) is 2.50. The van der Waals surface area contributed by atoms with E-state index in [1.54, 1.807) is 25.7 Å². The van der Waals surface area contributed by atoms with Gasteiger partial charge in [-0.3, -0.25) is 0 Å². The minimum absolute atomic E-state index is 0.916. The third-order valence-electron chi connectivity index (χ3n) is 2.98. The Balaban J connectivity index is 1.92. The molecule has 0 nitrogen and oxygen atoms in total. The van der Waals surface area contributed by atoms with Crippen molar-refractivity contribution < 1.29 is 0 Å². The maximum absolute atomic E-state index is 2.38. The molecular weight excluding hydrogens is 94.9 g/mol. The second-order valence-corrected chi connectivity index (χ2v) is 3.87. The van der Waals surface area contributed by atoms with Gasteiger partial charge in [0.1, 0.15) is 7.85 Å². The first-order valence-electron chi connectivity index (χ1n) is 3.81. The topological polar surface area (TPSA) is 0 Å². The van der Waals surface area contributed by atoms with Gasteiger partial charge in [-0.25, -0.2) is 0 Å². The summed E-state index contributed by atoms with van der Waals surface area (Å²) < 4.78 is 0. The zero-order valence-corrected chi connectivity index (χ0v) is 5.61. The van der Waals surface area contributed by atoms with Gasteiger partial charge in [0.25, 0.3) is 0 Å². The summed E-state index contributed by atoms with van der Waals surface area (Å²) in [6, 6.07) is 0. The Morgan fingerprint density at radius 1 is 1.25 bits per heavy atom. The van der Waals surface area contributed by atoms with E-state index in [9.17, 15) is 0 Å². The zero-order valence-electron chi connectivity index (χ0n) is 5.61. The van der Waals surface area contributed by atoms with Gasteiger partial charge in [0, 0.05) is 0 Å². The molecule has 2 aliphatic carbocycles. The van der Waals surface area contributed by atoms with E-state index in [2.05, 4.69) is 7.85 Å². The minimum Gasteiger partial charge on any atom is -0.0687 e. The van der Waals surface area contributed by atoms with Crippen LogP contribution in [0.25, 0.3) is 0 Å². The fourth-order valence-corrected chi connectivity index (χ4v) is 2.50. The molecule has 0 amide bonds. The molecule has 44 valence electrons. The first kappa shape index (κ1) is 4.90. The number of rotatable bonds is 0. The van der Waals surface area contributed by atoms with Gasteiger partial charge in [-0.1, -0.05) is 25.1 Å². The van der Waals surface area contributed by atoms with Crippen LogP contribution in [0.4, 0.5) is 0 Å². The Labute approximate surface area is 52.1 Å². The molecule has 0 bridgehead atoms. The molecule has 2 aliphatic rings. The fraction of sp³-hybridized carbons (Fsp3) is 1.00. The molecule has 2 fully saturated rings. The molecule has 0 N–H and O–H groups in total. The Morgan fingerprint density at radius 3 is 2.00 bits per heavy atom. The van der Waals surface area contributed by atoms with Crippen molar-refractivity contribution in [1.29, 1.82) is 0 Å². The minimum atomic E-state index is 0.916. The van der Waals surface area contributed by atoms with Crippen LogP contribution >= 0.6 is 0 Å². The molecule has 0 aromatic carbocycles. The Bertz CT molecular complexity index is 97.0. The monoisotopic (exact) mass is 108 g/mol. The molecule has 0 unspecified atom stereocenters. The molecule has 0 heterocycles. The summed E-state index contributed by atoms with van der Waals surface area (Å²) in [7, 11) is 2.38. The highest BCUT2D eigenvalue weighted by molar-refractivity contribution is 6.12. The average Bonchev–Trinajstić information content (AvgIpc) is 1.51. The quantitative estimate of drug-likeness (QED) is 0.411. The summed E-state index contributed by atoms with van der Waals surface area (Å²) >= 11 is 0. The Hall–Kier alpha value is 0.0649. The molecule has 0 atom stereocenters. The van der Waals surface area contributed by atoms with Crippen molar-refractivity contribution in [2.75, 3.05) is 0 Å². The van der Waals surface area contributed by atoms with Gasteiger partial charge in [-0.15, -0.1) is 0 Å². The second-order valence-electron chi connectivity index (χ2n) is 3.87. The van der Waals surface area contributed by atoms with Crippen LogP contribution in [0.3, 0.4) is 0 Å². The summed E-state index contributed by atoms with van der Waals surface area (Å²) in [5, 5.41) is 0. The normalized spacial score (nSPS) is 34.0. The van der Waals surface area contributed by atoms with E-state index in [1.807, 2.05) is 0 Å². The van der Waals surface area contributed by atoms with Gasteiger partial charge in [0.2, 0.25) is 0 Å². The van der Waals surface area contributed by atoms with Gasteiger partial charge >= 0.3 is 0 Å². The van der Waals surface area contributed by atoms with E-state index in [0.717, 1.165) is 11.2 Å². The molecule has 2 saturated carbocycles. The smallest absolute Gasteiger partial charge is 0.0687 e. The van der Waals surface area contributed by atoms with Crippen molar-refractivity contribution >= 4 is 7.85 Å². The summed E-state index contributed by atoms with van der Waals surface area (Å²) in [5.41, 5.74) is 0.916. The van der Waals surface area contributed by atoms with Crippen LogP contribution in [0, 0.1) is 5.41 Å². The average molecular weight is 108 g/mol. The SMILES string of the molecule is BC1CC2(CCC2)C1. The molecular formula is C7H13B. The number of hydrogen-bond donors (Lipinski definition) is 0. The van der Waals surface area contributed by atoms with Crippen LogP contribution in [0.1, 0.15) is 32.1 Å². The van der Waals surface area contributed by atoms with E-state index in [0.29, 0.717) is 0 Å². The molecule has 2 rings (SSSR count). The van der Waals surface area contributed by atoms with Crippen LogP contribution in [-0.4, -0.2) is 7.85 Å². The first-order valence-corrected chi connectivity index (χ1v) is 3.81. The van der Waals surface area contributed by atoms with E-state index in [1.165, 1.54) is 6.42 Å². The van der Waals surface area contributed by atoms with Crippen molar-refractivity contribution in [2.45, 2.75) is 37.9 Å². The highest BCUT2D eigenvalue weighted by Crippen LogP contribution is 2.59. The van der Waals surface area contributed by atoms with Crippen LogP contribution in [0.5, 0.6) is 0 Å². The van der Waals surface area contributed by atoms with E-state index in [4.69, 9.17) is 0 Å². The lowest BCUT2D eigenvalue weighted by molar-refractivity contribution is 0.0326. The third-order valence-corrected chi connectivity index (χ3v) is 2.98. The first-order chi connectivity index (χ1) is 3.81.